The second-order valence-corrected chi connectivity index (χ2v) is 3.60. The van der Waals surface area contributed by atoms with Gasteiger partial charge in [-0.25, -0.2) is 9.48 Å². The molecule has 5 heteroatoms. The lowest BCUT2D eigenvalue weighted by Crippen LogP contribution is -2.24. The number of rotatable bonds is 6. The molecule has 1 heterocycles. The number of ether oxygens (including phenoxy) is 1. The Kier molecular flexibility index (Phi) is 5.00. The van der Waals surface area contributed by atoms with Crippen molar-refractivity contribution < 1.29 is 9.53 Å². The van der Waals surface area contributed by atoms with Crippen LogP contribution in [0.5, 0.6) is 0 Å². The Morgan fingerprint density at radius 2 is 2.00 bits per heavy atom. The van der Waals surface area contributed by atoms with Crippen molar-refractivity contribution in [3.63, 3.8) is 0 Å². The van der Waals surface area contributed by atoms with Gasteiger partial charge < -0.3 is 9.64 Å². The summed E-state index contributed by atoms with van der Waals surface area (Å²) < 4.78 is 6.79. The average Bonchev–Trinajstić information content (AvgIpc) is 2.75. The van der Waals surface area contributed by atoms with E-state index in [0.29, 0.717) is 12.3 Å². The van der Waals surface area contributed by atoms with Gasteiger partial charge in [0.05, 0.1) is 6.61 Å². The van der Waals surface area contributed by atoms with Crippen LogP contribution in [-0.4, -0.2) is 35.4 Å². The van der Waals surface area contributed by atoms with E-state index in [4.69, 9.17) is 4.74 Å². The van der Waals surface area contributed by atoms with Gasteiger partial charge in [-0.05, 0) is 27.7 Å². The molecule has 0 atom stereocenters. The number of hydrogen-bond donors (Lipinski definition) is 0. The Labute approximate surface area is 102 Å². The Morgan fingerprint density at radius 3 is 2.47 bits per heavy atom. The Balaban J connectivity index is 3.01. The molecule has 1 aromatic heterocycles. The predicted molar refractivity (Wildman–Crippen MR) is 67.4 cm³/mol. The van der Waals surface area contributed by atoms with Gasteiger partial charge in [0.15, 0.2) is 5.69 Å². The third kappa shape index (κ3) is 2.99. The molecular formula is C12H21N3O2. The molecule has 5 nitrogen and oxygen atoms in total. The van der Waals surface area contributed by atoms with Crippen LogP contribution in [0, 0.1) is 0 Å². The van der Waals surface area contributed by atoms with Crippen molar-refractivity contribution in [2.45, 2.75) is 34.2 Å². The molecular weight excluding hydrogens is 218 g/mol. The fraction of sp³-hybridized carbons (Fsp3) is 0.667. The van der Waals surface area contributed by atoms with Crippen LogP contribution >= 0.6 is 0 Å². The second kappa shape index (κ2) is 6.27. The van der Waals surface area contributed by atoms with Gasteiger partial charge in [-0.3, -0.25) is 0 Å². The number of aryl methyl sites for hydroxylation is 1. The first-order valence-electron chi connectivity index (χ1n) is 6.17. The van der Waals surface area contributed by atoms with Gasteiger partial charge in [-0.1, -0.05) is 0 Å². The summed E-state index contributed by atoms with van der Waals surface area (Å²) >= 11 is 0. The number of hydrogen-bond acceptors (Lipinski definition) is 4. The normalized spacial score (nSPS) is 10.4. The van der Waals surface area contributed by atoms with Gasteiger partial charge in [-0.2, -0.15) is 5.10 Å². The van der Waals surface area contributed by atoms with E-state index in [0.717, 1.165) is 25.5 Å². The molecule has 96 valence electrons. The number of carbonyl (C=O) groups excluding carboxylic acids is 1. The van der Waals surface area contributed by atoms with E-state index in [1.807, 2.05) is 11.6 Å². The van der Waals surface area contributed by atoms with Gasteiger partial charge in [0.1, 0.15) is 5.82 Å². The monoisotopic (exact) mass is 239 g/mol. The molecule has 17 heavy (non-hydrogen) atoms. The number of esters is 1. The minimum atomic E-state index is -0.354. The summed E-state index contributed by atoms with van der Waals surface area (Å²) in [5, 5.41) is 4.26. The first-order chi connectivity index (χ1) is 8.17. The topological polar surface area (TPSA) is 47.4 Å². The van der Waals surface area contributed by atoms with Crippen LogP contribution in [0.3, 0.4) is 0 Å². The highest BCUT2D eigenvalue weighted by atomic mass is 16.5. The van der Waals surface area contributed by atoms with Crippen LogP contribution in [0.1, 0.15) is 38.2 Å². The van der Waals surface area contributed by atoms with E-state index >= 15 is 0 Å². The van der Waals surface area contributed by atoms with E-state index in [-0.39, 0.29) is 5.97 Å². The van der Waals surface area contributed by atoms with Crippen molar-refractivity contribution >= 4 is 11.8 Å². The van der Waals surface area contributed by atoms with E-state index in [9.17, 15) is 4.79 Å². The van der Waals surface area contributed by atoms with E-state index in [2.05, 4.69) is 23.8 Å². The number of anilines is 1. The maximum atomic E-state index is 11.6. The molecule has 1 aromatic rings. The average molecular weight is 239 g/mol. The maximum Gasteiger partial charge on any atom is 0.358 e. The molecule has 0 amide bonds. The lowest BCUT2D eigenvalue weighted by atomic mass is 10.4. The summed E-state index contributed by atoms with van der Waals surface area (Å²) in [6.45, 7) is 10.9. The molecule has 0 aliphatic rings. The zero-order valence-corrected chi connectivity index (χ0v) is 11.1. The standard InChI is InChI=1S/C12H21N3O2/c1-5-14(6-2)11-9-10(12(16)17-8-4)13-15(11)7-3/h9H,5-8H2,1-4H3. The van der Waals surface area contributed by atoms with E-state index in [1.165, 1.54) is 0 Å². The molecule has 0 saturated heterocycles. The summed E-state index contributed by atoms with van der Waals surface area (Å²) in [6.07, 6.45) is 0. The zero-order chi connectivity index (χ0) is 12.8. The van der Waals surface area contributed by atoms with Crippen LogP contribution in [0.4, 0.5) is 5.82 Å². The van der Waals surface area contributed by atoms with E-state index in [1.54, 1.807) is 13.0 Å². The van der Waals surface area contributed by atoms with Crippen LogP contribution in [0.2, 0.25) is 0 Å². The highest BCUT2D eigenvalue weighted by Crippen LogP contribution is 2.16. The first kappa shape index (κ1) is 13.5. The SMILES string of the molecule is CCOC(=O)c1cc(N(CC)CC)n(CC)n1. The Morgan fingerprint density at radius 1 is 1.35 bits per heavy atom. The molecule has 0 aromatic carbocycles. The second-order valence-electron chi connectivity index (χ2n) is 3.60. The number of nitrogens with zero attached hydrogens (tertiary/aromatic N) is 3. The zero-order valence-electron chi connectivity index (χ0n) is 11.1. The van der Waals surface area contributed by atoms with Crippen molar-refractivity contribution in [3.8, 4) is 0 Å². The van der Waals surface area contributed by atoms with Gasteiger partial charge in [0.25, 0.3) is 0 Å². The molecule has 0 bridgehead atoms. The largest absolute Gasteiger partial charge is 0.461 e. The quantitative estimate of drug-likeness (QED) is 0.712. The predicted octanol–water partition coefficient (Wildman–Crippen LogP) is 1.93. The smallest absolute Gasteiger partial charge is 0.358 e. The van der Waals surface area contributed by atoms with Crippen LogP contribution in [-0.2, 0) is 11.3 Å². The molecule has 0 aliphatic heterocycles. The van der Waals surface area contributed by atoms with Crippen LogP contribution in [0.25, 0.3) is 0 Å². The molecule has 0 saturated carbocycles. The molecule has 0 N–H and O–H groups in total. The fourth-order valence-corrected chi connectivity index (χ4v) is 1.75. The van der Waals surface area contributed by atoms with Gasteiger partial charge in [0.2, 0.25) is 0 Å². The fourth-order valence-electron chi connectivity index (χ4n) is 1.75. The summed E-state index contributed by atoms with van der Waals surface area (Å²) in [5.74, 6) is 0.619. The molecule has 0 aliphatic carbocycles. The van der Waals surface area contributed by atoms with Crippen molar-refractivity contribution in [1.82, 2.24) is 9.78 Å². The number of aromatic nitrogens is 2. The van der Waals surface area contributed by atoms with Crippen molar-refractivity contribution in [2.75, 3.05) is 24.6 Å². The lowest BCUT2D eigenvalue weighted by Gasteiger charge is -2.20. The minimum absolute atomic E-state index is 0.354. The van der Waals surface area contributed by atoms with Crippen LogP contribution in [0.15, 0.2) is 6.07 Å². The molecule has 1 rings (SSSR count). The molecule has 0 unspecified atom stereocenters. The highest BCUT2D eigenvalue weighted by molar-refractivity contribution is 5.88. The van der Waals surface area contributed by atoms with Crippen LogP contribution < -0.4 is 4.90 Å². The Bertz CT molecular complexity index is 370. The van der Waals surface area contributed by atoms with Gasteiger partial charge in [-0.15, -0.1) is 0 Å². The van der Waals surface area contributed by atoms with Crippen molar-refractivity contribution in [2.24, 2.45) is 0 Å². The summed E-state index contributed by atoms with van der Waals surface area (Å²) in [5.41, 5.74) is 0.385. The first-order valence-corrected chi connectivity index (χ1v) is 6.17. The van der Waals surface area contributed by atoms with Gasteiger partial charge >= 0.3 is 5.97 Å². The lowest BCUT2D eigenvalue weighted by molar-refractivity contribution is 0.0518. The third-order valence-corrected chi connectivity index (χ3v) is 2.63. The van der Waals surface area contributed by atoms with Crippen molar-refractivity contribution in [3.05, 3.63) is 11.8 Å². The summed E-state index contributed by atoms with van der Waals surface area (Å²) in [7, 11) is 0. The van der Waals surface area contributed by atoms with Gasteiger partial charge in [0, 0.05) is 25.7 Å². The number of carbonyl (C=O) groups is 1. The van der Waals surface area contributed by atoms with Crippen molar-refractivity contribution in [1.29, 1.82) is 0 Å². The molecule has 0 radical (unpaired) electrons. The minimum Gasteiger partial charge on any atom is -0.461 e. The highest BCUT2D eigenvalue weighted by Gasteiger charge is 2.17. The summed E-state index contributed by atoms with van der Waals surface area (Å²) in [4.78, 5) is 13.8. The molecule has 0 spiro atoms. The van der Waals surface area contributed by atoms with E-state index < -0.39 is 0 Å². The summed E-state index contributed by atoms with van der Waals surface area (Å²) in [6, 6.07) is 1.80. The maximum absolute atomic E-state index is 11.6. The molecule has 0 fully saturated rings. The third-order valence-electron chi connectivity index (χ3n) is 2.63. The Hall–Kier alpha value is -1.52.